The summed E-state index contributed by atoms with van der Waals surface area (Å²) in [5, 5.41) is 8.97. The Morgan fingerprint density at radius 2 is 2.23 bits per heavy atom. The molecule has 0 fully saturated rings. The van der Waals surface area contributed by atoms with Crippen LogP contribution in [0.5, 0.6) is 5.75 Å². The highest BCUT2D eigenvalue weighted by Crippen LogP contribution is 2.24. The van der Waals surface area contributed by atoms with Gasteiger partial charge in [-0.3, -0.25) is 4.79 Å². The Morgan fingerprint density at radius 1 is 1.54 bits per heavy atom. The van der Waals surface area contributed by atoms with Gasteiger partial charge >= 0.3 is 0 Å². The van der Waals surface area contributed by atoms with Crippen molar-refractivity contribution in [2.45, 2.75) is 19.8 Å². The largest absolute Gasteiger partial charge is 0.507 e. The van der Waals surface area contributed by atoms with Crippen molar-refractivity contribution >= 4 is 16.8 Å². The number of para-hydroxylation sites is 1. The quantitative estimate of drug-likeness (QED) is 0.759. The first-order valence-corrected chi connectivity index (χ1v) is 4.55. The summed E-state index contributed by atoms with van der Waals surface area (Å²) < 4.78 is 0. The van der Waals surface area contributed by atoms with Crippen LogP contribution in [0.2, 0.25) is 0 Å². The Bertz CT molecular complexity index is 321. The van der Waals surface area contributed by atoms with Crippen molar-refractivity contribution in [3.05, 3.63) is 29.3 Å². The number of halogens is 1. The first kappa shape index (κ1) is 10.1. The van der Waals surface area contributed by atoms with Crippen molar-refractivity contribution in [3.63, 3.8) is 0 Å². The van der Waals surface area contributed by atoms with Gasteiger partial charge in [-0.05, 0) is 29.7 Å². The van der Waals surface area contributed by atoms with E-state index >= 15 is 0 Å². The molecule has 0 spiro atoms. The zero-order valence-electron chi connectivity index (χ0n) is 7.38. The molecular weight excluding hydrogens is 188 g/mol. The van der Waals surface area contributed by atoms with Crippen LogP contribution in [0, 0.1) is 0 Å². The number of phenolic OH excluding ortho intramolecular Hbond substituents is 1. The van der Waals surface area contributed by atoms with E-state index in [0.29, 0.717) is 0 Å². The van der Waals surface area contributed by atoms with Crippen molar-refractivity contribution in [1.29, 1.82) is 0 Å². The highest BCUT2D eigenvalue weighted by molar-refractivity contribution is 6.68. The van der Waals surface area contributed by atoms with E-state index < -0.39 is 5.24 Å². The fraction of sp³-hybridized carbons (Fsp3) is 0.300. The molecule has 0 radical (unpaired) electrons. The zero-order chi connectivity index (χ0) is 9.84. The molecule has 0 saturated carbocycles. The number of phenols is 1. The molecule has 0 aliphatic rings. The number of rotatable bonds is 3. The van der Waals surface area contributed by atoms with Gasteiger partial charge in [-0.2, -0.15) is 0 Å². The fourth-order valence-electron chi connectivity index (χ4n) is 1.22. The number of hydrogen-bond acceptors (Lipinski definition) is 2. The SMILES string of the molecule is CCCc1cccc(C(=O)Cl)c1O. The van der Waals surface area contributed by atoms with Gasteiger partial charge in [-0.25, -0.2) is 0 Å². The normalized spacial score (nSPS) is 10.0. The number of hydrogen-bond donors (Lipinski definition) is 1. The molecule has 0 aliphatic carbocycles. The summed E-state index contributed by atoms with van der Waals surface area (Å²) in [7, 11) is 0. The minimum Gasteiger partial charge on any atom is -0.507 e. The van der Waals surface area contributed by atoms with E-state index in [1.807, 2.05) is 6.92 Å². The van der Waals surface area contributed by atoms with Gasteiger partial charge in [0.25, 0.3) is 5.24 Å². The monoisotopic (exact) mass is 198 g/mol. The van der Waals surface area contributed by atoms with Crippen molar-refractivity contribution in [1.82, 2.24) is 0 Å². The number of aromatic hydroxyl groups is 1. The summed E-state index contributed by atoms with van der Waals surface area (Å²) in [6, 6.07) is 5.03. The van der Waals surface area contributed by atoms with Gasteiger partial charge in [0.15, 0.2) is 0 Å². The molecule has 1 aromatic rings. The minimum absolute atomic E-state index is 0.0179. The molecule has 2 nitrogen and oxygen atoms in total. The third-order valence-corrected chi connectivity index (χ3v) is 2.05. The molecule has 0 heterocycles. The Morgan fingerprint density at radius 3 is 2.77 bits per heavy atom. The number of carbonyl (C=O) groups excluding carboxylic acids is 1. The van der Waals surface area contributed by atoms with Gasteiger partial charge in [0.05, 0.1) is 5.56 Å². The predicted molar refractivity (Wildman–Crippen MR) is 52.3 cm³/mol. The van der Waals surface area contributed by atoms with Gasteiger partial charge in [0.2, 0.25) is 0 Å². The maximum atomic E-state index is 10.8. The van der Waals surface area contributed by atoms with Crippen LogP contribution in [0.25, 0.3) is 0 Å². The van der Waals surface area contributed by atoms with Gasteiger partial charge in [0.1, 0.15) is 5.75 Å². The van der Waals surface area contributed by atoms with E-state index in [4.69, 9.17) is 11.6 Å². The second-order valence-electron chi connectivity index (χ2n) is 2.84. The van der Waals surface area contributed by atoms with Crippen LogP contribution in [0.4, 0.5) is 0 Å². The standard InChI is InChI=1S/C10H11ClO2/c1-2-4-7-5-3-6-8(9(7)12)10(11)13/h3,5-6,12H,2,4H2,1H3. The lowest BCUT2D eigenvalue weighted by atomic mass is 10.1. The van der Waals surface area contributed by atoms with E-state index in [9.17, 15) is 9.90 Å². The lowest BCUT2D eigenvalue weighted by Crippen LogP contribution is -1.93. The van der Waals surface area contributed by atoms with E-state index in [1.54, 1.807) is 12.1 Å². The maximum Gasteiger partial charge on any atom is 0.256 e. The van der Waals surface area contributed by atoms with Crippen LogP contribution >= 0.6 is 11.6 Å². The lowest BCUT2D eigenvalue weighted by molar-refractivity contribution is 0.107. The average molecular weight is 199 g/mol. The fourth-order valence-corrected chi connectivity index (χ4v) is 1.37. The van der Waals surface area contributed by atoms with E-state index in [2.05, 4.69) is 0 Å². The van der Waals surface area contributed by atoms with Gasteiger partial charge in [-0.15, -0.1) is 0 Å². The Labute approximate surface area is 82.2 Å². The highest BCUT2D eigenvalue weighted by atomic mass is 35.5. The lowest BCUT2D eigenvalue weighted by Gasteiger charge is -2.05. The van der Waals surface area contributed by atoms with E-state index in [1.165, 1.54) is 6.07 Å². The Kier molecular flexibility index (Phi) is 3.32. The topological polar surface area (TPSA) is 37.3 Å². The third-order valence-electron chi connectivity index (χ3n) is 1.85. The van der Waals surface area contributed by atoms with Crippen molar-refractivity contribution < 1.29 is 9.90 Å². The minimum atomic E-state index is -0.615. The van der Waals surface area contributed by atoms with Gasteiger partial charge in [-0.1, -0.05) is 25.5 Å². The summed E-state index contributed by atoms with van der Waals surface area (Å²) in [6.07, 6.45) is 1.68. The van der Waals surface area contributed by atoms with Crippen LogP contribution in [-0.4, -0.2) is 10.3 Å². The second kappa shape index (κ2) is 4.28. The summed E-state index contributed by atoms with van der Waals surface area (Å²) in [6.45, 7) is 2.01. The molecule has 1 N–H and O–H groups in total. The molecule has 0 amide bonds. The highest BCUT2D eigenvalue weighted by Gasteiger charge is 2.10. The van der Waals surface area contributed by atoms with Crippen molar-refractivity contribution in [2.75, 3.05) is 0 Å². The van der Waals surface area contributed by atoms with Crippen LogP contribution in [-0.2, 0) is 6.42 Å². The molecule has 70 valence electrons. The van der Waals surface area contributed by atoms with Crippen LogP contribution in [0.15, 0.2) is 18.2 Å². The number of benzene rings is 1. The summed E-state index contributed by atoms with van der Waals surface area (Å²) >= 11 is 5.28. The molecule has 0 aliphatic heterocycles. The third kappa shape index (κ3) is 2.22. The summed E-state index contributed by atoms with van der Waals surface area (Å²) in [4.78, 5) is 10.8. The van der Waals surface area contributed by atoms with Crippen molar-refractivity contribution in [2.24, 2.45) is 0 Å². The van der Waals surface area contributed by atoms with Crippen LogP contribution in [0.1, 0.15) is 29.3 Å². The van der Waals surface area contributed by atoms with Crippen LogP contribution in [0.3, 0.4) is 0 Å². The van der Waals surface area contributed by atoms with Crippen LogP contribution < -0.4 is 0 Å². The molecule has 0 bridgehead atoms. The molecule has 0 unspecified atom stereocenters. The molecule has 0 saturated heterocycles. The summed E-state index contributed by atoms with van der Waals surface area (Å²) in [5.74, 6) is 0.0179. The second-order valence-corrected chi connectivity index (χ2v) is 3.18. The first-order valence-electron chi connectivity index (χ1n) is 4.17. The molecule has 1 aromatic carbocycles. The van der Waals surface area contributed by atoms with Crippen molar-refractivity contribution in [3.8, 4) is 5.75 Å². The molecule has 3 heteroatoms. The van der Waals surface area contributed by atoms with Gasteiger partial charge in [0, 0.05) is 0 Å². The first-order chi connectivity index (χ1) is 6.16. The Hall–Kier alpha value is -1.02. The maximum absolute atomic E-state index is 10.8. The molecule has 0 aromatic heterocycles. The van der Waals surface area contributed by atoms with Gasteiger partial charge < -0.3 is 5.11 Å². The zero-order valence-corrected chi connectivity index (χ0v) is 8.14. The molecule has 1 rings (SSSR count). The molecule has 0 atom stereocenters. The van der Waals surface area contributed by atoms with E-state index in [0.717, 1.165) is 18.4 Å². The predicted octanol–water partition coefficient (Wildman–Crippen LogP) is 2.72. The number of aryl methyl sites for hydroxylation is 1. The average Bonchev–Trinajstić information content (AvgIpc) is 2.08. The smallest absolute Gasteiger partial charge is 0.256 e. The summed E-state index contributed by atoms with van der Waals surface area (Å²) in [5.41, 5.74) is 0.960. The molecule has 13 heavy (non-hydrogen) atoms. The Balaban J connectivity index is 3.10. The number of carbonyl (C=O) groups is 1. The molecular formula is C10H11ClO2. The van der Waals surface area contributed by atoms with E-state index in [-0.39, 0.29) is 11.3 Å².